The van der Waals surface area contributed by atoms with Gasteiger partial charge in [-0.3, -0.25) is 4.79 Å². The third-order valence-corrected chi connectivity index (χ3v) is 4.23. The minimum absolute atomic E-state index is 0.00174. The summed E-state index contributed by atoms with van der Waals surface area (Å²) in [6.45, 7) is 1.43. The number of ether oxygens (including phenoxy) is 1. The lowest BCUT2D eigenvalue weighted by molar-refractivity contribution is -0.133. The molecule has 1 aliphatic rings. The average molecular weight is 303 g/mol. The normalized spacial score (nSPS) is 18.5. The van der Waals surface area contributed by atoms with Gasteiger partial charge in [0.2, 0.25) is 11.8 Å². The maximum atomic E-state index is 12.3. The van der Waals surface area contributed by atoms with Gasteiger partial charge in [0, 0.05) is 18.8 Å². The minimum atomic E-state index is 0.00174. The number of aromatic nitrogens is 2. The molecule has 1 fully saturated rings. The quantitative estimate of drug-likeness (QED) is 0.868. The first-order chi connectivity index (χ1) is 10.3. The molecule has 1 amide bonds. The second-order valence-corrected chi connectivity index (χ2v) is 5.87. The van der Waals surface area contributed by atoms with Crippen molar-refractivity contribution in [1.82, 2.24) is 15.1 Å². The van der Waals surface area contributed by atoms with Gasteiger partial charge in [-0.15, -0.1) is 5.10 Å². The Bertz CT molecular complexity index is 574. The number of thiophene rings is 1. The first kappa shape index (κ1) is 14.0. The molecule has 1 atom stereocenters. The molecule has 0 N–H and O–H groups in total. The number of hydrogen-bond donors (Lipinski definition) is 0. The number of carbonyl (C=O) groups is 1. The van der Waals surface area contributed by atoms with Crippen LogP contribution in [-0.2, 0) is 11.2 Å². The van der Waals surface area contributed by atoms with E-state index < -0.39 is 0 Å². The van der Waals surface area contributed by atoms with E-state index in [1.165, 1.54) is 0 Å². The Kier molecular flexibility index (Phi) is 4.45. The van der Waals surface area contributed by atoms with E-state index in [-0.39, 0.29) is 12.0 Å². The molecular weight excluding hydrogens is 286 g/mol. The van der Waals surface area contributed by atoms with Crippen molar-refractivity contribution >= 4 is 17.2 Å². The predicted molar refractivity (Wildman–Crippen MR) is 80.3 cm³/mol. The van der Waals surface area contributed by atoms with Crippen LogP contribution in [0.1, 0.15) is 18.4 Å². The highest BCUT2D eigenvalue weighted by molar-refractivity contribution is 7.07. The molecule has 0 spiro atoms. The van der Waals surface area contributed by atoms with Gasteiger partial charge in [0.15, 0.2) is 0 Å². The van der Waals surface area contributed by atoms with Gasteiger partial charge >= 0.3 is 0 Å². The summed E-state index contributed by atoms with van der Waals surface area (Å²) in [5.41, 5.74) is 1.09. The fourth-order valence-corrected chi connectivity index (χ4v) is 3.13. The molecule has 0 radical (unpaired) electrons. The molecule has 2 aromatic rings. The molecule has 1 unspecified atom stereocenters. The van der Waals surface area contributed by atoms with Crippen LogP contribution in [0.3, 0.4) is 0 Å². The second-order valence-electron chi connectivity index (χ2n) is 5.09. The van der Waals surface area contributed by atoms with E-state index in [0.29, 0.717) is 18.8 Å². The monoisotopic (exact) mass is 303 g/mol. The van der Waals surface area contributed by atoms with E-state index in [1.54, 1.807) is 29.7 Å². The fraction of sp³-hybridized carbons (Fsp3) is 0.400. The molecule has 3 rings (SSSR count). The van der Waals surface area contributed by atoms with Crippen molar-refractivity contribution in [1.29, 1.82) is 0 Å². The number of rotatable bonds is 4. The summed E-state index contributed by atoms with van der Waals surface area (Å²) in [6, 6.07) is 5.59. The topological polar surface area (TPSA) is 55.3 Å². The second kappa shape index (κ2) is 6.67. The predicted octanol–water partition coefficient (Wildman–Crippen LogP) is 2.15. The Morgan fingerprint density at radius 3 is 3.19 bits per heavy atom. The van der Waals surface area contributed by atoms with Crippen LogP contribution in [0.15, 0.2) is 35.2 Å². The number of likely N-dealkylation sites (tertiary alicyclic amines) is 1. The third-order valence-electron chi connectivity index (χ3n) is 3.50. The molecule has 110 valence electrons. The van der Waals surface area contributed by atoms with Crippen LogP contribution in [0, 0.1) is 0 Å². The Balaban J connectivity index is 1.56. The van der Waals surface area contributed by atoms with Gasteiger partial charge in [0.05, 0.1) is 13.0 Å². The van der Waals surface area contributed by atoms with Crippen LogP contribution < -0.4 is 4.74 Å². The standard InChI is InChI=1S/C15H17N3O2S/c19-15(9-12-5-8-21-11-12)18-7-2-3-13(10-18)20-14-4-1-6-16-17-14/h1,4-6,8,11,13H,2-3,7,9-10H2. The van der Waals surface area contributed by atoms with Crippen LogP contribution in [-0.4, -0.2) is 40.2 Å². The van der Waals surface area contributed by atoms with Gasteiger partial charge in [-0.2, -0.15) is 16.4 Å². The Morgan fingerprint density at radius 1 is 1.48 bits per heavy atom. The first-order valence-electron chi connectivity index (χ1n) is 7.04. The summed E-state index contributed by atoms with van der Waals surface area (Å²) >= 11 is 1.62. The van der Waals surface area contributed by atoms with Crippen molar-refractivity contribution in [3.63, 3.8) is 0 Å². The van der Waals surface area contributed by atoms with Crippen molar-refractivity contribution in [2.45, 2.75) is 25.4 Å². The summed E-state index contributed by atoms with van der Waals surface area (Å²) in [5.74, 6) is 0.690. The van der Waals surface area contributed by atoms with Gasteiger partial charge < -0.3 is 9.64 Å². The molecule has 2 aromatic heterocycles. The molecule has 0 bridgehead atoms. The van der Waals surface area contributed by atoms with Gasteiger partial charge in [-0.25, -0.2) is 0 Å². The van der Waals surface area contributed by atoms with Gasteiger partial charge in [-0.1, -0.05) is 0 Å². The van der Waals surface area contributed by atoms with Crippen LogP contribution >= 0.6 is 11.3 Å². The molecule has 0 aliphatic carbocycles. The van der Waals surface area contributed by atoms with Crippen LogP contribution in [0.2, 0.25) is 0 Å². The van der Waals surface area contributed by atoms with E-state index in [4.69, 9.17) is 4.74 Å². The Hall–Kier alpha value is -1.95. The number of nitrogens with zero attached hydrogens (tertiary/aromatic N) is 3. The van der Waals surface area contributed by atoms with Gasteiger partial charge in [0.1, 0.15) is 6.10 Å². The molecular formula is C15H17N3O2S. The molecule has 5 nitrogen and oxygen atoms in total. The van der Waals surface area contributed by atoms with E-state index in [0.717, 1.165) is 24.9 Å². The lowest BCUT2D eigenvalue weighted by atomic mass is 10.1. The maximum Gasteiger partial charge on any atom is 0.233 e. The zero-order valence-electron chi connectivity index (χ0n) is 11.6. The molecule has 0 aromatic carbocycles. The maximum absolute atomic E-state index is 12.3. The summed E-state index contributed by atoms with van der Waals surface area (Å²) in [4.78, 5) is 14.2. The Labute approximate surface area is 127 Å². The first-order valence-corrected chi connectivity index (χ1v) is 7.99. The minimum Gasteiger partial charge on any atom is -0.471 e. The van der Waals surface area contributed by atoms with Crippen LogP contribution in [0.25, 0.3) is 0 Å². The molecule has 6 heteroatoms. The largest absolute Gasteiger partial charge is 0.471 e. The fourth-order valence-electron chi connectivity index (χ4n) is 2.46. The number of amides is 1. The van der Waals surface area contributed by atoms with E-state index in [9.17, 15) is 4.79 Å². The molecule has 0 saturated carbocycles. The number of carbonyl (C=O) groups excluding carboxylic acids is 1. The zero-order valence-corrected chi connectivity index (χ0v) is 12.5. The number of piperidine rings is 1. The number of hydrogen-bond acceptors (Lipinski definition) is 5. The van der Waals surface area contributed by atoms with Crippen molar-refractivity contribution in [2.75, 3.05) is 13.1 Å². The van der Waals surface area contributed by atoms with Gasteiger partial charge in [-0.05, 0) is 41.3 Å². The molecule has 1 saturated heterocycles. The lowest BCUT2D eigenvalue weighted by Gasteiger charge is -2.32. The highest BCUT2D eigenvalue weighted by atomic mass is 32.1. The van der Waals surface area contributed by atoms with Crippen molar-refractivity contribution in [2.24, 2.45) is 0 Å². The zero-order chi connectivity index (χ0) is 14.5. The van der Waals surface area contributed by atoms with E-state index in [2.05, 4.69) is 10.2 Å². The van der Waals surface area contributed by atoms with E-state index >= 15 is 0 Å². The third kappa shape index (κ3) is 3.78. The highest BCUT2D eigenvalue weighted by Crippen LogP contribution is 2.17. The molecule has 21 heavy (non-hydrogen) atoms. The van der Waals surface area contributed by atoms with Crippen LogP contribution in [0.5, 0.6) is 5.88 Å². The molecule has 1 aliphatic heterocycles. The molecule has 3 heterocycles. The summed E-state index contributed by atoms with van der Waals surface area (Å²) in [6.07, 6.45) is 3.99. The van der Waals surface area contributed by atoms with Crippen molar-refractivity contribution in [3.05, 3.63) is 40.7 Å². The lowest BCUT2D eigenvalue weighted by Crippen LogP contribution is -2.45. The summed E-state index contributed by atoms with van der Waals surface area (Å²) in [5, 5.41) is 11.8. The van der Waals surface area contributed by atoms with E-state index in [1.807, 2.05) is 21.7 Å². The smallest absolute Gasteiger partial charge is 0.233 e. The highest BCUT2D eigenvalue weighted by Gasteiger charge is 2.25. The van der Waals surface area contributed by atoms with Gasteiger partial charge in [0.25, 0.3) is 0 Å². The SMILES string of the molecule is O=C(Cc1ccsc1)N1CCCC(Oc2cccnn2)C1. The summed E-state index contributed by atoms with van der Waals surface area (Å²) in [7, 11) is 0. The average Bonchev–Trinajstić information content (AvgIpc) is 3.01. The Morgan fingerprint density at radius 2 is 2.43 bits per heavy atom. The summed E-state index contributed by atoms with van der Waals surface area (Å²) < 4.78 is 5.81. The van der Waals surface area contributed by atoms with Crippen LogP contribution in [0.4, 0.5) is 0 Å². The van der Waals surface area contributed by atoms with Crippen molar-refractivity contribution in [3.8, 4) is 5.88 Å². The van der Waals surface area contributed by atoms with Crippen molar-refractivity contribution < 1.29 is 9.53 Å².